The van der Waals surface area contributed by atoms with Gasteiger partial charge in [0, 0.05) is 11.9 Å². The number of rotatable bonds is 5. The van der Waals surface area contributed by atoms with E-state index in [9.17, 15) is 14.0 Å². The van der Waals surface area contributed by atoms with Gasteiger partial charge in [0.25, 0.3) is 0 Å². The van der Waals surface area contributed by atoms with Gasteiger partial charge in [0.2, 0.25) is 5.91 Å². The highest BCUT2D eigenvalue weighted by molar-refractivity contribution is 7.13. The Labute approximate surface area is 124 Å². The van der Waals surface area contributed by atoms with Crippen molar-refractivity contribution in [3.8, 4) is 0 Å². The summed E-state index contributed by atoms with van der Waals surface area (Å²) in [5, 5.41) is 7.12. The predicted molar refractivity (Wildman–Crippen MR) is 77.3 cm³/mol. The number of thiazole rings is 1. The van der Waals surface area contributed by atoms with Crippen LogP contribution in [-0.2, 0) is 17.8 Å². The molecule has 3 amide bonds. The van der Waals surface area contributed by atoms with Gasteiger partial charge in [-0.3, -0.25) is 10.1 Å². The number of nitrogens with two attached hydrogens (primary N) is 1. The minimum atomic E-state index is -0.484. The van der Waals surface area contributed by atoms with Crippen LogP contribution in [0.4, 0.5) is 14.3 Å². The van der Waals surface area contributed by atoms with Gasteiger partial charge in [0.15, 0.2) is 5.13 Å². The molecule has 6 nitrogen and oxygen atoms in total. The first-order chi connectivity index (χ1) is 10.0. The third-order valence-electron chi connectivity index (χ3n) is 2.47. The fourth-order valence-electron chi connectivity index (χ4n) is 1.59. The fourth-order valence-corrected chi connectivity index (χ4v) is 2.30. The van der Waals surface area contributed by atoms with Crippen molar-refractivity contribution in [1.82, 2.24) is 10.3 Å². The zero-order valence-electron chi connectivity index (χ0n) is 10.9. The number of halogens is 1. The van der Waals surface area contributed by atoms with Crippen molar-refractivity contribution in [2.24, 2.45) is 5.73 Å². The molecule has 0 bridgehead atoms. The number of nitrogens with one attached hydrogen (secondary N) is 2. The average molecular weight is 308 g/mol. The third kappa shape index (κ3) is 4.84. The molecule has 4 N–H and O–H groups in total. The van der Waals surface area contributed by atoms with Gasteiger partial charge in [0.05, 0.1) is 12.1 Å². The molecule has 0 aliphatic rings. The molecule has 0 saturated carbocycles. The molecule has 0 spiro atoms. The Kier molecular flexibility index (Phi) is 4.83. The molecule has 1 aromatic carbocycles. The van der Waals surface area contributed by atoms with Crippen molar-refractivity contribution in [1.29, 1.82) is 0 Å². The number of benzene rings is 1. The van der Waals surface area contributed by atoms with E-state index in [0.29, 0.717) is 16.4 Å². The van der Waals surface area contributed by atoms with Crippen molar-refractivity contribution < 1.29 is 14.0 Å². The van der Waals surface area contributed by atoms with E-state index in [0.717, 1.165) is 0 Å². The fraction of sp³-hybridized carbons (Fsp3) is 0.154. The van der Waals surface area contributed by atoms with E-state index in [2.05, 4.69) is 15.6 Å². The molecular weight excluding hydrogens is 295 g/mol. The van der Waals surface area contributed by atoms with Crippen LogP contribution in [0.2, 0.25) is 0 Å². The molecule has 1 heterocycles. The smallest absolute Gasteiger partial charge is 0.321 e. The Bertz CT molecular complexity index is 659. The van der Waals surface area contributed by atoms with Crippen LogP contribution in [-0.4, -0.2) is 16.9 Å². The van der Waals surface area contributed by atoms with E-state index >= 15 is 0 Å². The maximum Gasteiger partial charge on any atom is 0.321 e. The van der Waals surface area contributed by atoms with Crippen LogP contribution in [0.1, 0.15) is 11.3 Å². The molecule has 0 fully saturated rings. The number of carbonyl (C=O) groups excluding carboxylic acids is 2. The molecule has 2 aromatic rings. The number of primary amides is 1. The molecular formula is C13H13FN4O2S. The van der Waals surface area contributed by atoms with Crippen LogP contribution in [0.5, 0.6) is 0 Å². The van der Waals surface area contributed by atoms with Gasteiger partial charge in [-0.2, -0.15) is 0 Å². The van der Waals surface area contributed by atoms with Crippen LogP contribution >= 0.6 is 11.3 Å². The van der Waals surface area contributed by atoms with Crippen LogP contribution in [0.15, 0.2) is 29.6 Å². The maximum absolute atomic E-state index is 13.0. The topological polar surface area (TPSA) is 97.1 Å². The maximum atomic E-state index is 13.0. The lowest BCUT2D eigenvalue weighted by molar-refractivity contribution is -0.117. The zero-order chi connectivity index (χ0) is 15.2. The summed E-state index contributed by atoms with van der Waals surface area (Å²) in [4.78, 5) is 26.5. The molecule has 0 atom stereocenters. The second-order valence-corrected chi connectivity index (χ2v) is 5.08. The number of amides is 3. The van der Waals surface area contributed by atoms with E-state index in [1.165, 1.54) is 23.5 Å². The number of hydrogen-bond acceptors (Lipinski definition) is 4. The summed E-state index contributed by atoms with van der Waals surface area (Å²) in [7, 11) is 0. The second-order valence-electron chi connectivity index (χ2n) is 4.22. The van der Waals surface area contributed by atoms with Crippen LogP contribution < -0.4 is 16.4 Å². The van der Waals surface area contributed by atoms with Crippen molar-refractivity contribution in [3.63, 3.8) is 0 Å². The monoisotopic (exact) mass is 308 g/mol. The Hall–Kier alpha value is -2.48. The SMILES string of the molecule is NC(=O)Cc1csc(NC(=O)NCc2cccc(F)c2)n1. The van der Waals surface area contributed by atoms with Gasteiger partial charge in [-0.15, -0.1) is 11.3 Å². The molecule has 0 aliphatic heterocycles. The standard InChI is InChI=1S/C13H13FN4O2S/c14-9-3-1-2-8(4-9)6-16-12(20)18-13-17-10(7-21-13)5-11(15)19/h1-4,7H,5-6H2,(H2,15,19)(H2,16,17,18,20). The van der Waals surface area contributed by atoms with Crippen LogP contribution in [0, 0.1) is 5.82 Å². The van der Waals surface area contributed by atoms with Gasteiger partial charge in [0.1, 0.15) is 5.82 Å². The number of anilines is 1. The molecule has 0 radical (unpaired) electrons. The quantitative estimate of drug-likeness (QED) is 0.783. The van der Waals surface area contributed by atoms with E-state index in [1.807, 2.05) is 0 Å². The Morgan fingerprint density at radius 1 is 1.38 bits per heavy atom. The van der Waals surface area contributed by atoms with Gasteiger partial charge in [-0.25, -0.2) is 14.2 Å². The Morgan fingerprint density at radius 3 is 2.90 bits per heavy atom. The molecule has 2 rings (SSSR count). The van der Waals surface area contributed by atoms with E-state index in [1.54, 1.807) is 17.5 Å². The van der Waals surface area contributed by atoms with Crippen molar-refractivity contribution in [2.45, 2.75) is 13.0 Å². The Morgan fingerprint density at radius 2 is 2.19 bits per heavy atom. The van der Waals surface area contributed by atoms with Gasteiger partial charge in [-0.1, -0.05) is 12.1 Å². The molecule has 8 heteroatoms. The summed E-state index contributed by atoms with van der Waals surface area (Å²) in [5.41, 5.74) is 6.21. The summed E-state index contributed by atoms with van der Waals surface area (Å²) in [5.74, 6) is -0.840. The van der Waals surface area contributed by atoms with E-state index in [4.69, 9.17) is 5.73 Å². The lowest BCUT2D eigenvalue weighted by Crippen LogP contribution is -2.28. The average Bonchev–Trinajstić information content (AvgIpc) is 2.83. The highest BCUT2D eigenvalue weighted by Gasteiger charge is 2.08. The normalized spacial score (nSPS) is 10.1. The number of hydrogen-bond donors (Lipinski definition) is 3. The minimum Gasteiger partial charge on any atom is -0.369 e. The highest BCUT2D eigenvalue weighted by atomic mass is 32.1. The number of urea groups is 1. The molecule has 110 valence electrons. The molecule has 0 saturated heterocycles. The summed E-state index contributed by atoms with van der Waals surface area (Å²) < 4.78 is 13.0. The van der Waals surface area contributed by atoms with Crippen molar-refractivity contribution >= 4 is 28.4 Å². The van der Waals surface area contributed by atoms with Crippen molar-refractivity contribution in [3.05, 3.63) is 46.7 Å². The lowest BCUT2D eigenvalue weighted by atomic mass is 10.2. The largest absolute Gasteiger partial charge is 0.369 e. The number of carbonyl (C=O) groups is 2. The first kappa shape index (κ1) is 14.9. The second kappa shape index (κ2) is 6.80. The summed E-state index contributed by atoms with van der Waals surface area (Å²) in [6.07, 6.45) is 0.0308. The summed E-state index contributed by atoms with van der Waals surface area (Å²) >= 11 is 1.19. The number of aromatic nitrogens is 1. The van der Waals surface area contributed by atoms with Gasteiger partial charge in [-0.05, 0) is 17.7 Å². The Balaban J connectivity index is 1.84. The first-order valence-electron chi connectivity index (χ1n) is 6.05. The van der Waals surface area contributed by atoms with Gasteiger partial charge < -0.3 is 11.1 Å². The molecule has 0 aliphatic carbocycles. The molecule has 0 unspecified atom stereocenters. The highest BCUT2D eigenvalue weighted by Crippen LogP contribution is 2.15. The third-order valence-corrected chi connectivity index (χ3v) is 3.28. The predicted octanol–water partition coefficient (Wildman–Crippen LogP) is 1.63. The van der Waals surface area contributed by atoms with E-state index < -0.39 is 11.9 Å². The molecule has 1 aromatic heterocycles. The summed E-state index contributed by atoms with van der Waals surface area (Å²) in [6, 6.07) is 5.49. The number of nitrogens with zero attached hydrogens (tertiary/aromatic N) is 1. The first-order valence-corrected chi connectivity index (χ1v) is 6.93. The van der Waals surface area contributed by atoms with E-state index in [-0.39, 0.29) is 18.8 Å². The molecule has 21 heavy (non-hydrogen) atoms. The van der Waals surface area contributed by atoms with Crippen LogP contribution in [0.3, 0.4) is 0 Å². The van der Waals surface area contributed by atoms with Crippen LogP contribution in [0.25, 0.3) is 0 Å². The summed E-state index contributed by atoms with van der Waals surface area (Å²) in [6.45, 7) is 0.198. The lowest BCUT2D eigenvalue weighted by Gasteiger charge is -2.05. The zero-order valence-corrected chi connectivity index (χ0v) is 11.7. The van der Waals surface area contributed by atoms with Gasteiger partial charge >= 0.3 is 6.03 Å². The van der Waals surface area contributed by atoms with Crippen molar-refractivity contribution in [2.75, 3.05) is 5.32 Å². The minimum absolute atomic E-state index is 0.0308.